The first-order valence-corrected chi connectivity index (χ1v) is 21.1. The second kappa shape index (κ2) is 24.9. The van der Waals surface area contributed by atoms with E-state index >= 15 is 0 Å². The van der Waals surface area contributed by atoms with Gasteiger partial charge in [0, 0.05) is 0 Å². The summed E-state index contributed by atoms with van der Waals surface area (Å²) in [6.45, 7) is -6.75. The number of rotatable bonds is 22. The fourth-order valence-corrected chi connectivity index (χ4v) is 7.90. The van der Waals surface area contributed by atoms with E-state index in [1.54, 1.807) is 0 Å². The monoisotopic (exact) mass is 992 g/mol. The minimum Gasteiger partial charge on any atom is -0.394 e. The number of hydrogen-bond donors (Lipinski definition) is 21. The minimum atomic E-state index is -2.30. The Morgan fingerprint density at radius 1 is 0.373 bits per heavy atom. The van der Waals surface area contributed by atoms with Crippen LogP contribution in [0.25, 0.3) is 0 Å². The van der Waals surface area contributed by atoms with Crippen molar-refractivity contribution in [2.24, 2.45) is 0 Å². The molecule has 0 radical (unpaired) electrons. The first-order valence-electron chi connectivity index (χ1n) is 21.1. The average Bonchev–Trinajstić information content (AvgIpc) is 3.81. The van der Waals surface area contributed by atoms with Crippen LogP contribution in [0.1, 0.15) is 0 Å². The molecule has 394 valence electrons. The summed E-state index contributed by atoms with van der Waals surface area (Å²) in [5.74, 6) is 0. The van der Waals surface area contributed by atoms with Crippen LogP contribution >= 0.6 is 0 Å². The highest BCUT2D eigenvalue weighted by molar-refractivity contribution is 4.98. The van der Waals surface area contributed by atoms with Gasteiger partial charge in [0.25, 0.3) is 0 Å². The third-order valence-corrected chi connectivity index (χ3v) is 12.0. The maximum Gasteiger partial charge on any atom is 0.187 e. The van der Waals surface area contributed by atoms with Crippen molar-refractivity contribution in [2.45, 2.75) is 178 Å². The largest absolute Gasteiger partial charge is 0.394 e. The molecule has 31 heteroatoms. The molecule has 29 atom stereocenters. The molecule has 0 aromatic rings. The van der Waals surface area contributed by atoms with E-state index in [1.807, 2.05) is 0 Å². The zero-order valence-electron chi connectivity index (χ0n) is 35.2. The topological polar surface area (TPSA) is 517 Å². The van der Waals surface area contributed by atoms with Crippen LogP contribution in [0.3, 0.4) is 0 Å². The Bertz CT molecular complexity index is 1450. The molecule has 0 aliphatic carbocycles. The van der Waals surface area contributed by atoms with Crippen LogP contribution in [0.15, 0.2) is 0 Å². The van der Waals surface area contributed by atoms with Crippen LogP contribution in [0.4, 0.5) is 0 Å². The summed E-state index contributed by atoms with van der Waals surface area (Å²) in [7, 11) is 0. The molecule has 5 saturated heterocycles. The summed E-state index contributed by atoms with van der Waals surface area (Å²) in [6.07, 6.45) is -55.1. The van der Waals surface area contributed by atoms with E-state index in [9.17, 15) is 107 Å². The first-order chi connectivity index (χ1) is 31.6. The Morgan fingerprint density at radius 2 is 0.761 bits per heavy atom. The van der Waals surface area contributed by atoms with Gasteiger partial charge in [-0.2, -0.15) is 0 Å². The summed E-state index contributed by atoms with van der Waals surface area (Å²) >= 11 is 0. The van der Waals surface area contributed by atoms with Gasteiger partial charge in [0.1, 0.15) is 146 Å². The standard InChI is InChI=1S/C36H64O31/c37-1-8(42)28-26(56)30(66-33-24(54)21(51)18(48)13(4-40)62-33)36(64-28)59-7-10(44)29-27(57)31(67-34-25(55)22(52)19(49)14(5-41)63-34)35(65-29)58-6-9(43)15(45)16(46)11(2-38)60-32-23(53)20(50)17(47)12(3-39)61-32/h8-57H,1-7H2/t8-,9-,10-,11+,12-,13-,14-,15+,16-,17-,18-,19-,20+,21+,22+,23-,24-,25-,26+,27+,28+,29+,30-,31-,32+,33-,34-,35-,36-/m1/s1. The normalized spacial score (nSPS) is 46.8. The van der Waals surface area contributed by atoms with Gasteiger partial charge in [-0.1, -0.05) is 0 Å². The van der Waals surface area contributed by atoms with Crippen LogP contribution in [0.2, 0.25) is 0 Å². The van der Waals surface area contributed by atoms with E-state index in [0.717, 1.165) is 0 Å². The van der Waals surface area contributed by atoms with Gasteiger partial charge in [-0.05, 0) is 0 Å². The van der Waals surface area contributed by atoms with E-state index in [1.165, 1.54) is 0 Å². The fraction of sp³-hybridized carbons (Fsp3) is 1.00. The predicted molar refractivity (Wildman–Crippen MR) is 201 cm³/mol. The molecule has 0 bridgehead atoms. The van der Waals surface area contributed by atoms with Gasteiger partial charge in [-0.3, -0.25) is 0 Å². The Hall–Kier alpha value is -1.24. The highest BCUT2D eigenvalue weighted by Gasteiger charge is 2.56. The van der Waals surface area contributed by atoms with Crippen molar-refractivity contribution in [2.75, 3.05) is 46.2 Å². The van der Waals surface area contributed by atoms with Gasteiger partial charge in [0.15, 0.2) is 31.5 Å². The highest BCUT2D eigenvalue weighted by atomic mass is 16.8. The lowest BCUT2D eigenvalue weighted by Gasteiger charge is -2.41. The number of aliphatic hydroxyl groups excluding tert-OH is 21. The predicted octanol–water partition coefficient (Wildman–Crippen LogP) is -14.5. The quantitative estimate of drug-likeness (QED) is 0.0479. The minimum absolute atomic E-state index is 0.861. The molecule has 67 heavy (non-hydrogen) atoms. The zero-order valence-corrected chi connectivity index (χ0v) is 35.2. The third kappa shape index (κ3) is 12.5. The second-order valence-corrected chi connectivity index (χ2v) is 16.6. The fourth-order valence-electron chi connectivity index (χ4n) is 7.90. The van der Waals surface area contributed by atoms with E-state index in [4.69, 9.17) is 47.4 Å². The lowest BCUT2D eigenvalue weighted by molar-refractivity contribution is -0.328. The molecule has 5 fully saturated rings. The molecule has 5 aliphatic heterocycles. The molecule has 21 N–H and O–H groups in total. The van der Waals surface area contributed by atoms with Crippen molar-refractivity contribution in [3.63, 3.8) is 0 Å². The van der Waals surface area contributed by atoms with E-state index in [2.05, 4.69) is 0 Å². The Labute approximate surface area is 378 Å². The van der Waals surface area contributed by atoms with Gasteiger partial charge in [-0.25, -0.2) is 0 Å². The van der Waals surface area contributed by atoms with Crippen molar-refractivity contribution < 1.29 is 155 Å². The van der Waals surface area contributed by atoms with Crippen LogP contribution in [-0.2, 0) is 47.4 Å². The highest BCUT2D eigenvalue weighted by Crippen LogP contribution is 2.35. The molecule has 0 spiro atoms. The SMILES string of the molecule is OC[C@@H](O)[C@@H]1O[C@@H](OC[C@@H](O)[C@@H]2O[C@@H](OC[C@@H](O)[C@H](O)[C@H](O)[C@H](CO)O[C@H]3O[C@H](CO)[C@@H](O)[C@H](O)[C@H]3O)[C@H](O[C@H]3O[C@H](CO)[C@@H](O)[C@H](O)[C@H]3O)[C@H]2O)[C@H](O[C@H]2O[C@H](CO)[C@@H](O)[C@H](O)[C@H]2O)[C@H]1O. The van der Waals surface area contributed by atoms with E-state index < -0.39 is 224 Å². The van der Waals surface area contributed by atoms with Crippen LogP contribution in [0, 0.1) is 0 Å². The van der Waals surface area contributed by atoms with Crippen molar-refractivity contribution in [1.82, 2.24) is 0 Å². The maximum absolute atomic E-state index is 11.4. The lowest BCUT2D eigenvalue weighted by Crippen LogP contribution is -2.61. The second-order valence-electron chi connectivity index (χ2n) is 16.6. The third-order valence-electron chi connectivity index (χ3n) is 12.0. The molecular formula is C36H64O31. The molecule has 5 heterocycles. The summed E-state index contributed by atoms with van der Waals surface area (Å²) in [4.78, 5) is 0. The van der Waals surface area contributed by atoms with Crippen LogP contribution in [0.5, 0.6) is 0 Å². The van der Waals surface area contributed by atoms with Crippen molar-refractivity contribution in [3.8, 4) is 0 Å². The van der Waals surface area contributed by atoms with Crippen molar-refractivity contribution in [3.05, 3.63) is 0 Å². The molecule has 0 amide bonds. The van der Waals surface area contributed by atoms with E-state index in [-0.39, 0.29) is 0 Å². The summed E-state index contributed by atoms with van der Waals surface area (Å²) in [5.41, 5.74) is 0. The smallest absolute Gasteiger partial charge is 0.187 e. The van der Waals surface area contributed by atoms with Crippen LogP contribution in [-0.4, -0.2) is 331 Å². The van der Waals surface area contributed by atoms with Gasteiger partial charge in [0.05, 0.1) is 46.2 Å². The zero-order chi connectivity index (χ0) is 49.8. The Kier molecular flexibility index (Phi) is 21.1. The Morgan fingerprint density at radius 3 is 1.16 bits per heavy atom. The molecule has 0 saturated carbocycles. The molecule has 0 unspecified atom stereocenters. The molecule has 5 aliphatic rings. The summed E-state index contributed by atoms with van der Waals surface area (Å²) in [5, 5.41) is 217. The average molecular weight is 993 g/mol. The Balaban J connectivity index is 1.29. The maximum atomic E-state index is 11.4. The molecule has 0 aromatic heterocycles. The van der Waals surface area contributed by atoms with Gasteiger partial charge >= 0.3 is 0 Å². The van der Waals surface area contributed by atoms with Crippen molar-refractivity contribution >= 4 is 0 Å². The summed E-state index contributed by atoms with van der Waals surface area (Å²) in [6, 6.07) is 0. The molecular weight excluding hydrogens is 928 g/mol. The molecule has 31 nitrogen and oxygen atoms in total. The van der Waals surface area contributed by atoms with Gasteiger partial charge in [0.2, 0.25) is 0 Å². The van der Waals surface area contributed by atoms with Gasteiger partial charge < -0.3 is 155 Å². The van der Waals surface area contributed by atoms with E-state index in [0.29, 0.717) is 0 Å². The van der Waals surface area contributed by atoms with Crippen LogP contribution < -0.4 is 0 Å². The number of hydrogen-bond acceptors (Lipinski definition) is 31. The molecule has 0 aromatic carbocycles. The van der Waals surface area contributed by atoms with Gasteiger partial charge in [-0.15, -0.1) is 0 Å². The summed E-state index contributed by atoms with van der Waals surface area (Å²) < 4.78 is 54.8. The lowest BCUT2D eigenvalue weighted by atomic mass is 9.99. The first kappa shape index (κ1) is 56.7. The number of ether oxygens (including phenoxy) is 10. The molecule has 5 rings (SSSR count). The number of aliphatic hydroxyl groups is 21. The van der Waals surface area contributed by atoms with Crippen molar-refractivity contribution in [1.29, 1.82) is 0 Å².